The summed E-state index contributed by atoms with van der Waals surface area (Å²) in [5.41, 5.74) is 0.377. The van der Waals surface area contributed by atoms with Gasteiger partial charge in [0.05, 0.1) is 24.1 Å². The van der Waals surface area contributed by atoms with Crippen molar-refractivity contribution in [3.8, 4) is 0 Å². The summed E-state index contributed by atoms with van der Waals surface area (Å²) in [5, 5.41) is 0. The zero-order chi connectivity index (χ0) is 16.2. The number of ether oxygens (including phenoxy) is 2. The Morgan fingerprint density at radius 2 is 2.00 bits per heavy atom. The van der Waals surface area contributed by atoms with Crippen LogP contribution in [0.2, 0.25) is 0 Å². The van der Waals surface area contributed by atoms with E-state index in [2.05, 4.69) is 9.97 Å². The van der Waals surface area contributed by atoms with E-state index in [-0.39, 0.29) is 18.3 Å². The van der Waals surface area contributed by atoms with Crippen LogP contribution in [0.25, 0.3) is 0 Å². The third-order valence-electron chi connectivity index (χ3n) is 3.49. The van der Waals surface area contributed by atoms with Crippen LogP contribution in [0.3, 0.4) is 0 Å². The average molecular weight is 307 g/mol. The molecular weight excluding hydrogens is 282 g/mol. The maximum absolute atomic E-state index is 12.0. The first-order valence-corrected chi connectivity index (χ1v) is 7.74. The highest BCUT2D eigenvalue weighted by Crippen LogP contribution is 2.22. The lowest BCUT2D eigenvalue weighted by atomic mass is 10.1. The fourth-order valence-electron chi connectivity index (χ4n) is 2.38. The van der Waals surface area contributed by atoms with Crippen molar-refractivity contribution < 1.29 is 14.3 Å². The van der Waals surface area contributed by atoms with Crippen LogP contribution in [0.5, 0.6) is 0 Å². The van der Waals surface area contributed by atoms with E-state index in [1.807, 2.05) is 27.7 Å². The summed E-state index contributed by atoms with van der Waals surface area (Å²) in [4.78, 5) is 22.1. The van der Waals surface area contributed by atoms with E-state index < -0.39 is 5.60 Å². The number of likely N-dealkylation sites (tertiary alicyclic amines) is 1. The molecule has 1 aromatic rings. The Hall–Kier alpha value is -1.69. The number of carbonyl (C=O) groups is 1. The van der Waals surface area contributed by atoms with Gasteiger partial charge in [-0.15, -0.1) is 0 Å². The van der Waals surface area contributed by atoms with Gasteiger partial charge in [-0.2, -0.15) is 0 Å². The normalized spacial score (nSPS) is 18.1. The molecule has 0 bridgehead atoms. The monoisotopic (exact) mass is 307 g/mol. The van der Waals surface area contributed by atoms with Gasteiger partial charge in [0, 0.05) is 25.5 Å². The molecule has 0 aliphatic carbocycles. The van der Waals surface area contributed by atoms with E-state index in [0.29, 0.717) is 13.1 Å². The fraction of sp³-hybridized carbons (Fsp3) is 0.688. The molecule has 2 rings (SSSR count). The summed E-state index contributed by atoms with van der Waals surface area (Å²) in [6.45, 7) is 8.93. The lowest BCUT2D eigenvalue weighted by Crippen LogP contribution is -2.43. The van der Waals surface area contributed by atoms with Gasteiger partial charge in [-0.05, 0) is 40.5 Å². The number of piperidine rings is 1. The molecule has 22 heavy (non-hydrogen) atoms. The Balaban J connectivity index is 1.79. The Labute approximate surface area is 131 Å². The predicted octanol–water partition coefficient (Wildman–Crippen LogP) is 2.95. The van der Waals surface area contributed by atoms with E-state index in [0.717, 1.165) is 18.5 Å². The van der Waals surface area contributed by atoms with E-state index >= 15 is 0 Å². The molecule has 0 aromatic carbocycles. The molecule has 1 aromatic heterocycles. The quantitative estimate of drug-likeness (QED) is 0.859. The van der Waals surface area contributed by atoms with Crippen LogP contribution in [0, 0.1) is 0 Å². The van der Waals surface area contributed by atoms with Gasteiger partial charge in [0.1, 0.15) is 5.60 Å². The van der Waals surface area contributed by atoms with Crippen molar-refractivity contribution >= 4 is 6.09 Å². The Morgan fingerprint density at radius 3 is 2.55 bits per heavy atom. The topological polar surface area (TPSA) is 64.5 Å². The third-order valence-corrected chi connectivity index (χ3v) is 3.49. The van der Waals surface area contributed by atoms with Crippen LogP contribution >= 0.6 is 0 Å². The zero-order valence-electron chi connectivity index (χ0n) is 13.8. The Bertz CT molecular complexity index is 479. The molecule has 6 heteroatoms. The molecule has 0 radical (unpaired) electrons. The molecule has 1 atom stereocenters. The van der Waals surface area contributed by atoms with E-state index in [1.165, 1.54) is 0 Å². The number of amides is 1. The highest BCUT2D eigenvalue weighted by molar-refractivity contribution is 5.68. The summed E-state index contributed by atoms with van der Waals surface area (Å²) in [5.74, 6) is 0. The second-order valence-electron chi connectivity index (χ2n) is 6.58. The SMILES string of the molecule is C[C@H](OC1CCN(C(=O)OC(C)(C)C)CC1)c1cnccn1. The smallest absolute Gasteiger partial charge is 0.410 e. The van der Waals surface area contributed by atoms with Crippen molar-refractivity contribution in [1.82, 2.24) is 14.9 Å². The van der Waals surface area contributed by atoms with E-state index in [1.54, 1.807) is 23.5 Å². The Kier molecular flexibility index (Phi) is 5.34. The molecule has 1 fully saturated rings. The number of carbonyl (C=O) groups excluding carboxylic acids is 1. The van der Waals surface area contributed by atoms with Crippen LogP contribution in [-0.2, 0) is 9.47 Å². The first-order valence-electron chi connectivity index (χ1n) is 7.74. The van der Waals surface area contributed by atoms with Gasteiger partial charge in [0.2, 0.25) is 0 Å². The molecular formula is C16H25N3O3. The minimum atomic E-state index is -0.453. The molecule has 1 amide bonds. The number of hydrogen-bond acceptors (Lipinski definition) is 5. The second-order valence-corrected chi connectivity index (χ2v) is 6.58. The molecule has 0 spiro atoms. The lowest BCUT2D eigenvalue weighted by molar-refractivity contribution is -0.0424. The van der Waals surface area contributed by atoms with Gasteiger partial charge in [-0.25, -0.2) is 4.79 Å². The van der Waals surface area contributed by atoms with Gasteiger partial charge in [-0.3, -0.25) is 9.97 Å². The molecule has 6 nitrogen and oxygen atoms in total. The molecule has 0 saturated carbocycles. The van der Waals surface area contributed by atoms with Crippen molar-refractivity contribution in [1.29, 1.82) is 0 Å². The summed E-state index contributed by atoms with van der Waals surface area (Å²) < 4.78 is 11.4. The second kappa shape index (κ2) is 7.05. The van der Waals surface area contributed by atoms with Gasteiger partial charge in [0.15, 0.2) is 0 Å². The lowest BCUT2D eigenvalue weighted by Gasteiger charge is -2.34. The van der Waals surface area contributed by atoms with Crippen LogP contribution in [0.1, 0.15) is 52.3 Å². The van der Waals surface area contributed by atoms with Crippen molar-refractivity contribution in [2.24, 2.45) is 0 Å². The summed E-state index contributed by atoms with van der Waals surface area (Å²) in [6.07, 6.45) is 6.46. The summed E-state index contributed by atoms with van der Waals surface area (Å²) in [6, 6.07) is 0. The zero-order valence-corrected chi connectivity index (χ0v) is 13.8. The first-order chi connectivity index (χ1) is 10.3. The minimum absolute atomic E-state index is 0.0909. The number of rotatable bonds is 3. The number of aromatic nitrogens is 2. The van der Waals surface area contributed by atoms with Crippen LogP contribution in [-0.4, -0.2) is 45.8 Å². The largest absolute Gasteiger partial charge is 0.444 e. The molecule has 1 saturated heterocycles. The van der Waals surface area contributed by atoms with E-state index in [9.17, 15) is 4.79 Å². The van der Waals surface area contributed by atoms with Gasteiger partial charge < -0.3 is 14.4 Å². The predicted molar refractivity (Wildman–Crippen MR) is 82.4 cm³/mol. The molecule has 2 heterocycles. The average Bonchev–Trinajstić information content (AvgIpc) is 2.47. The van der Waals surface area contributed by atoms with Gasteiger partial charge in [0.25, 0.3) is 0 Å². The molecule has 1 aliphatic rings. The molecule has 0 unspecified atom stereocenters. The van der Waals surface area contributed by atoms with Gasteiger partial charge >= 0.3 is 6.09 Å². The summed E-state index contributed by atoms with van der Waals surface area (Å²) in [7, 11) is 0. The van der Waals surface area contributed by atoms with Crippen molar-refractivity contribution in [3.63, 3.8) is 0 Å². The standard InChI is InChI=1S/C16H25N3O3/c1-12(14-11-17-7-8-18-14)21-13-5-9-19(10-6-13)15(20)22-16(2,3)4/h7-8,11-13H,5-6,9-10H2,1-4H3/t12-/m0/s1. The van der Waals surface area contributed by atoms with E-state index in [4.69, 9.17) is 9.47 Å². The number of nitrogens with zero attached hydrogens (tertiary/aromatic N) is 3. The van der Waals surface area contributed by atoms with Crippen molar-refractivity contribution in [3.05, 3.63) is 24.3 Å². The molecule has 1 aliphatic heterocycles. The summed E-state index contributed by atoms with van der Waals surface area (Å²) >= 11 is 0. The maximum atomic E-state index is 12.0. The van der Waals surface area contributed by atoms with Crippen LogP contribution < -0.4 is 0 Å². The highest BCUT2D eigenvalue weighted by Gasteiger charge is 2.28. The van der Waals surface area contributed by atoms with Crippen LogP contribution in [0.4, 0.5) is 4.79 Å². The van der Waals surface area contributed by atoms with Crippen molar-refractivity contribution in [2.75, 3.05) is 13.1 Å². The number of hydrogen-bond donors (Lipinski definition) is 0. The van der Waals surface area contributed by atoms with Crippen LogP contribution in [0.15, 0.2) is 18.6 Å². The van der Waals surface area contributed by atoms with Crippen molar-refractivity contribution in [2.45, 2.75) is 58.3 Å². The van der Waals surface area contributed by atoms with Gasteiger partial charge in [-0.1, -0.05) is 0 Å². The maximum Gasteiger partial charge on any atom is 0.410 e. The first kappa shape index (κ1) is 16.7. The minimum Gasteiger partial charge on any atom is -0.444 e. The molecule has 0 N–H and O–H groups in total. The fourth-order valence-corrected chi connectivity index (χ4v) is 2.38. The molecule has 122 valence electrons. The Morgan fingerprint density at radius 1 is 1.32 bits per heavy atom. The third kappa shape index (κ3) is 4.94. The highest BCUT2D eigenvalue weighted by atomic mass is 16.6.